The highest BCUT2D eigenvalue weighted by Crippen LogP contribution is 2.33. The Labute approximate surface area is 191 Å². The summed E-state index contributed by atoms with van der Waals surface area (Å²) in [7, 11) is 1.33. The summed E-state index contributed by atoms with van der Waals surface area (Å²) in [6, 6.07) is 11.4. The summed E-state index contributed by atoms with van der Waals surface area (Å²) in [5, 5.41) is 0. The fraction of sp³-hybridized carbons (Fsp3) is 0.500. The number of anilines is 1. The van der Waals surface area contributed by atoms with Crippen LogP contribution in [-0.4, -0.2) is 60.8 Å². The zero-order valence-corrected chi connectivity index (χ0v) is 20.0. The molecule has 0 aliphatic carbocycles. The fourth-order valence-electron chi connectivity index (χ4n) is 4.78. The van der Waals surface area contributed by atoms with Crippen molar-refractivity contribution in [3.63, 3.8) is 0 Å². The van der Waals surface area contributed by atoms with E-state index in [4.69, 9.17) is 9.47 Å². The number of sulfonamides is 1. The summed E-state index contributed by atoms with van der Waals surface area (Å²) in [4.78, 5) is 4.77. The number of hydrogen-bond acceptors (Lipinski definition) is 6. The van der Waals surface area contributed by atoms with Gasteiger partial charge in [0.2, 0.25) is 10.0 Å². The first kappa shape index (κ1) is 22.9. The largest absolute Gasteiger partial charge is 0.497 e. The second kappa shape index (κ2) is 9.68. The number of methoxy groups -OCH3 is 2. The third-order valence-corrected chi connectivity index (χ3v) is 7.99. The average Bonchev–Trinajstić information content (AvgIpc) is 3.33. The number of nitrogens with one attached hydrogen (secondary N) is 1. The first-order valence-corrected chi connectivity index (χ1v) is 12.7. The Balaban J connectivity index is 1.61. The van der Waals surface area contributed by atoms with Gasteiger partial charge in [0.25, 0.3) is 0 Å². The van der Waals surface area contributed by atoms with Crippen LogP contribution < -0.4 is 19.1 Å². The molecule has 2 aromatic carbocycles. The first-order chi connectivity index (χ1) is 15.4. The van der Waals surface area contributed by atoms with Crippen LogP contribution in [-0.2, 0) is 16.4 Å². The maximum absolute atomic E-state index is 13.2. The van der Waals surface area contributed by atoms with Gasteiger partial charge in [0.15, 0.2) is 0 Å². The van der Waals surface area contributed by atoms with Crippen LogP contribution in [0.3, 0.4) is 0 Å². The monoisotopic (exact) mass is 459 g/mol. The van der Waals surface area contributed by atoms with Crippen molar-refractivity contribution in [2.24, 2.45) is 0 Å². The lowest BCUT2D eigenvalue weighted by Crippen LogP contribution is -2.37. The van der Waals surface area contributed by atoms with Crippen molar-refractivity contribution < 1.29 is 17.9 Å². The van der Waals surface area contributed by atoms with Crippen LogP contribution in [0.2, 0.25) is 0 Å². The number of ether oxygens (including phenoxy) is 2. The Morgan fingerprint density at radius 1 is 1.00 bits per heavy atom. The van der Waals surface area contributed by atoms with E-state index in [1.165, 1.54) is 37.1 Å². The van der Waals surface area contributed by atoms with Gasteiger partial charge in [0.05, 0.1) is 14.2 Å². The molecule has 1 fully saturated rings. The van der Waals surface area contributed by atoms with Gasteiger partial charge in [-0.05, 0) is 68.1 Å². The number of aryl methyl sites for hydroxylation is 1. The van der Waals surface area contributed by atoms with Crippen molar-refractivity contribution >= 4 is 15.7 Å². The highest BCUT2D eigenvalue weighted by atomic mass is 32.2. The molecule has 0 radical (unpaired) electrons. The SMILES string of the molecule is COc1ccc(OC)c(S(=O)(=O)NCC(c2ccc3c(c2)CCCN3C)N2CCCC2)c1. The summed E-state index contributed by atoms with van der Waals surface area (Å²) < 4.78 is 39.9. The van der Waals surface area contributed by atoms with Gasteiger partial charge in [-0.1, -0.05) is 12.1 Å². The van der Waals surface area contributed by atoms with E-state index in [9.17, 15) is 8.42 Å². The predicted molar refractivity (Wildman–Crippen MR) is 126 cm³/mol. The summed E-state index contributed by atoms with van der Waals surface area (Å²) in [5.41, 5.74) is 3.79. The molecule has 32 heavy (non-hydrogen) atoms. The maximum Gasteiger partial charge on any atom is 0.244 e. The summed E-state index contributed by atoms with van der Waals surface area (Å²) in [5.74, 6) is 0.772. The summed E-state index contributed by atoms with van der Waals surface area (Å²) in [6.45, 7) is 3.33. The second-order valence-corrected chi connectivity index (χ2v) is 10.3. The van der Waals surface area contributed by atoms with E-state index in [1.54, 1.807) is 12.1 Å². The van der Waals surface area contributed by atoms with Crippen LogP contribution in [0.1, 0.15) is 36.4 Å². The normalized spacial score (nSPS) is 17.8. The van der Waals surface area contributed by atoms with E-state index in [2.05, 4.69) is 39.8 Å². The minimum absolute atomic E-state index is 0.0126. The van der Waals surface area contributed by atoms with Gasteiger partial charge in [-0.25, -0.2) is 13.1 Å². The summed E-state index contributed by atoms with van der Waals surface area (Å²) >= 11 is 0. The standard InChI is InChI=1S/C24H33N3O4S/c1-26-12-6-7-18-15-19(8-10-21(18)26)22(27-13-4-5-14-27)17-25-32(28,29)24-16-20(30-2)9-11-23(24)31-3/h8-11,15-16,22,25H,4-7,12-14,17H2,1-3H3. The van der Waals surface area contributed by atoms with E-state index < -0.39 is 10.0 Å². The Kier molecular flexibility index (Phi) is 6.93. The third-order valence-electron chi connectivity index (χ3n) is 6.55. The number of nitrogens with zero attached hydrogens (tertiary/aromatic N) is 2. The Morgan fingerprint density at radius 3 is 2.50 bits per heavy atom. The van der Waals surface area contributed by atoms with Crippen LogP contribution in [0, 0.1) is 0 Å². The Bertz CT molecular complexity index is 1050. The van der Waals surface area contributed by atoms with Crippen molar-refractivity contribution in [1.29, 1.82) is 0 Å². The molecule has 2 aromatic rings. The lowest BCUT2D eigenvalue weighted by atomic mass is 9.96. The number of hydrogen-bond donors (Lipinski definition) is 1. The molecule has 174 valence electrons. The average molecular weight is 460 g/mol. The Morgan fingerprint density at radius 2 is 1.78 bits per heavy atom. The molecule has 0 spiro atoms. The van der Waals surface area contributed by atoms with Crippen molar-refractivity contribution in [2.75, 3.05) is 52.3 Å². The molecular formula is C24H33N3O4S. The fourth-order valence-corrected chi connectivity index (χ4v) is 6.00. The van der Waals surface area contributed by atoms with E-state index in [0.717, 1.165) is 45.3 Å². The van der Waals surface area contributed by atoms with Gasteiger partial charge in [-0.15, -0.1) is 0 Å². The van der Waals surface area contributed by atoms with Gasteiger partial charge < -0.3 is 14.4 Å². The Hall–Kier alpha value is -2.29. The lowest BCUT2D eigenvalue weighted by Gasteiger charge is -2.32. The highest BCUT2D eigenvalue weighted by molar-refractivity contribution is 7.89. The minimum atomic E-state index is -3.78. The van der Waals surface area contributed by atoms with E-state index in [-0.39, 0.29) is 10.9 Å². The van der Waals surface area contributed by atoms with Gasteiger partial charge in [-0.3, -0.25) is 4.90 Å². The van der Waals surface area contributed by atoms with Crippen molar-refractivity contribution in [2.45, 2.75) is 36.6 Å². The molecule has 8 heteroatoms. The number of likely N-dealkylation sites (tertiary alicyclic amines) is 1. The minimum Gasteiger partial charge on any atom is -0.497 e. The molecule has 2 aliphatic rings. The van der Waals surface area contributed by atoms with Crippen molar-refractivity contribution in [1.82, 2.24) is 9.62 Å². The third kappa shape index (κ3) is 4.72. The summed E-state index contributed by atoms with van der Waals surface area (Å²) in [6.07, 6.45) is 4.48. The van der Waals surface area contributed by atoms with E-state index in [1.807, 2.05) is 0 Å². The topological polar surface area (TPSA) is 71.1 Å². The van der Waals surface area contributed by atoms with Gasteiger partial charge in [0, 0.05) is 37.9 Å². The zero-order valence-electron chi connectivity index (χ0n) is 19.1. The molecule has 0 bridgehead atoms. The van der Waals surface area contributed by atoms with Crippen LogP contribution in [0.15, 0.2) is 41.3 Å². The molecule has 1 N–H and O–H groups in total. The highest BCUT2D eigenvalue weighted by Gasteiger charge is 2.28. The van der Waals surface area contributed by atoms with Crippen LogP contribution in [0.5, 0.6) is 11.5 Å². The van der Waals surface area contributed by atoms with Gasteiger partial charge in [0.1, 0.15) is 16.4 Å². The quantitative estimate of drug-likeness (QED) is 0.654. The number of benzene rings is 2. The molecular weight excluding hydrogens is 426 g/mol. The van der Waals surface area contributed by atoms with Crippen molar-refractivity contribution in [3.05, 3.63) is 47.5 Å². The zero-order chi connectivity index (χ0) is 22.7. The van der Waals surface area contributed by atoms with Gasteiger partial charge >= 0.3 is 0 Å². The molecule has 7 nitrogen and oxygen atoms in total. The number of fused-ring (bicyclic) bond motifs is 1. The first-order valence-electron chi connectivity index (χ1n) is 11.2. The van der Waals surface area contributed by atoms with Crippen LogP contribution in [0.25, 0.3) is 0 Å². The molecule has 1 saturated heterocycles. The molecule has 1 unspecified atom stereocenters. The molecule has 0 saturated carbocycles. The lowest BCUT2D eigenvalue weighted by molar-refractivity contribution is 0.246. The number of rotatable bonds is 8. The second-order valence-electron chi connectivity index (χ2n) is 8.54. The van der Waals surface area contributed by atoms with Crippen molar-refractivity contribution in [3.8, 4) is 11.5 Å². The molecule has 2 heterocycles. The molecule has 1 atom stereocenters. The molecule has 4 rings (SSSR count). The maximum atomic E-state index is 13.2. The van der Waals surface area contributed by atoms with Crippen LogP contribution >= 0.6 is 0 Å². The molecule has 0 amide bonds. The predicted octanol–water partition coefficient (Wildman–Crippen LogP) is 3.20. The molecule has 0 aromatic heterocycles. The van der Waals surface area contributed by atoms with Gasteiger partial charge in [-0.2, -0.15) is 0 Å². The van der Waals surface area contributed by atoms with Crippen LogP contribution in [0.4, 0.5) is 5.69 Å². The molecule has 2 aliphatic heterocycles. The van der Waals surface area contributed by atoms with E-state index >= 15 is 0 Å². The van der Waals surface area contributed by atoms with E-state index in [0.29, 0.717) is 18.0 Å². The smallest absolute Gasteiger partial charge is 0.244 e.